The van der Waals surface area contributed by atoms with Crippen LogP contribution < -0.4 is 0 Å². The summed E-state index contributed by atoms with van der Waals surface area (Å²) < 4.78 is 10.0. The van der Waals surface area contributed by atoms with Gasteiger partial charge in [-0.25, -0.2) is 0 Å². The number of hydrogen-bond acceptors (Lipinski definition) is 2. The summed E-state index contributed by atoms with van der Waals surface area (Å²) in [5.41, 5.74) is 0.427. The number of hydrogen-bond donors (Lipinski definition) is 0. The fraction of sp³-hybridized carbons (Fsp3) is 1.00. The Morgan fingerprint density at radius 2 is 1.91 bits per heavy atom. The van der Waals surface area contributed by atoms with Crippen molar-refractivity contribution in [1.29, 1.82) is 0 Å². The molecule has 2 nitrogen and oxygen atoms in total. The average molecular weight is 160 g/mol. The zero-order chi connectivity index (χ0) is 8.74. The molecule has 0 atom stereocenters. The Kier molecular flexibility index (Phi) is 5.51. The van der Waals surface area contributed by atoms with E-state index in [-0.39, 0.29) is 0 Å². The normalized spacial score (nSPS) is 19.6. The Balaban J connectivity index is 0.000000461. The zero-order valence-electron chi connectivity index (χ0n) is 8.14. The van der Waals surface area contributed by atoms with Crippen LogP contribution in [0, 0.1) is 5.41 Å². The summed E-state index contributed by atoms with van der Waals surface area (Å²) in [6.07, 6.45) is 1.13. The number of rotatable bonds is 3. The van der Waals surface area contributed by atoms with Gasteiger partial charge in [-0.3, -0.25) is 0 Å². The minimum absolute atomic E-state index is 0.427. The van der Waals surface area contributed by atoms with Crippen LogP contribution in [-0.4, -0.2) is 26.9 Å². The van der Waals surface area contributed by atoms with E-state index in [0.29, 0.717) is 5.41 Å². The molecule has 0 saturated carbocycles. The van der Waals surface area contributed by atoms with Gasteiger partial charge in [0, 0.05) is 19.1 Å². The molecule has 1 saturated heterocycles. The van der Waals surface area contributed by atoms with E-state index in [4.69, 9.17) is 9.47 Å². The predicted octanol–water partition coefficient (Wildman–Crippen LogP) is 2.09. The molecule has 0 bridgehead atoms. The van der Waals surface area contributed by atoms with Crippen molar-refractivity contribution >= 4 is 0 Å². The van der Waals surface area contributed by atoms with E-state index in [9.17, 15) is 0 Å². The maximum absolute atomic E-state index is 5.08. The van der Waals surface area contributed by atoms with Crippen molar-refractivity contribution in [3.63, 3.8) is 0 Å². The fourth-order valence-electron chi connectivity index (χ4n) is 0.943. The molecule has 1 aliphatic rings. The molecule has 68 valence electrons. The summed E-state index contributed by atoms with van der Waals surface area (Å²) in [5.74, 6) is 0. The fourth-order valence-corrected chi connectivity index (χ4v) is 0.943. The van der Waals surface area contributed by atoms with Crippen molar-refractivity contribution in [2.45, 2.75) is 27.2 Å². The summed E-state index contributed by atoms with van der Waals surface area (Å²) in [6, 6.07) is 0. The first-order valence-corrected chi connectivity index (χ1v) is 4.33. The largest absolute Gasteiger partial charge is 0.385 e. The van der Waals surface area contributed by atoms with Gasteiger partial charge in [0.25, 0.3) is 0 Å². The van der Waals surface area contributed by atoms with E-state index in [0.717, 1.165) is 26.2 Å². The van der Waals surface area contributed by atoms with E-state index in [1.165, 1.54) is 0 Å². The van der Waals surface area contributed by atoms with Crippen LogP contribution in [0.1, 0.15) is 27.2 Å². The lowest BCUT2D eigenvalue weighted by Crippen LogP contribution is -2.40. The first-order chi connectivity index (χ1) is 5.27. The predicted molar refractivity (Wildman–Crippen MR) is 46.8 cm³/mol. The van der Waals surface area contributed by atoms with Gasteiger partial charge in [0.15, 0.2) is 0 Å². The summed E-state index contributed by atoms with van der Waals surface area (Å²) in [7, 11) is 1.74. The minimum atomic E-state index is 0.427. The molecule has 0 unspecified atom stereocenters. The zero-order valence-corrected chi connectivity index (χ0v) is 8.14. The van der Waals surface area contributed by atoms with Crippen molar-refractivity contribution in [3.05, 3.63) is 0 Å². The third-order valence-corrected chi connectivity index (χ3v) is 1.81. The molecule has 1 fully saturated rings. The third-order valence-electron chi connectivity index (χ3n) is 1.81. The first kappa shape index (κ1) is 10.9. The van der Waals surface area contributed by atoms with E-state index in [1.54, 1.807) is 7.11 Å². The van der Waals surface area contributed by atoms with Crippen molar-refractivity contribution < 1.29 is 9.47 Å². The highest BCUT2D eigenvalue weighted by Gasteiger charge is 2.32. The van der Waals surface area contributed by atoms with Gasteiger partial charge in [-0.1, -0.05) is 20.8 Å². The van der Waals surface area contributed by atoms with Crippen molar-refractivity contribution in [1.82, 2.24) is 0 Å². The van der Waals surface area contributed by atoms with Gasteiger partial charge in [0.1, 0.15) is 0 Å². The Hall–Kier alpha value is -0.0800. The topological polar surface area (TPSA) is 18.5 Å². The van der Waals surface area contributed by atoms with Crippen LogP contribution in [0.5, 0.6) is 0 Å². The minimum Gasteiger partial charge on any atom is -0.385 e. The Bertz CT molecular complexity index is 87.6. The van der Waals surface area contributed by atoms with Crippen LogP contribution >= 0.6 is 0 Å². The molecular weight excluding hydrogens is 140 g/mol. The maximum atomic E-state index is 5.08. The highest BCUT2D eigenvalue weighted by molar-refractivity contribution is 4.79. The summed E-state index contributed by atoms with van der Waals surface area (Å²) >= 11 is 0. The molecule has 0 aliphatic carbocycles. The van der Waals surface area contributed by atoms with Gasteiger partial charge in [0.2, 0.25) is 0 Å². The second-order valence-electron chi connectivity index (χ2n) is 3.05. The van der Waals surface area contributed by atoms with Crippen molar-refractivity contribution in [2.75, 3.05) is 26.9 Å². The summed E-state index contributed by atoms with van der Waals surface area (Å²) in [6.45, 7) is 8.92. The van der Waals surface area contributed by atoms with E-state index >= 15 is 0 Å². The molecule has 0 aromatic carbocycles. The second-order valence-corrected chi connectivity index (χ2v) is 3.05. The molecule has 0 aromatic rings. The molecule has 0 N–H and O–H groups in total. The first-order valence-electron chi connectivity index (χ1n) is 4.33. The van der Waals surface area contributed by atoms with Crippen LogP contribution in [0.25, 0.3) is 0 Å². The molecule has 1 aliphatic heterocycles. The van der Waals surface area contributed by atoms with Crippen molar-refractivity contribution in [2.24, 2.45) is 5.41 Å². The second kappa shape index (κ2) is 5.56. The Labute approximate surface area is 69.9 Å². The van der Waals surface area contributed by atoms with Crippen LogP contribution in [0.15, 0.2) is 0 Å². The maximum Gasteiger partial charge on any atom is 0.0542 e. The lowest BCUT2D eigenvalue weighted by molar-refractivity contribution is -0.112. The summed E-state index contributed by atoms with van der Waals surface area (Å²) in [4.78, 5) is 0. The highest BCUT2D eigenvalue weighted by atomic mass is 16.5. The average Bonchev–Trinajstić information content (AvgIpc) is 2.01. The monoisotopic (exact) mass is 160 g/mol. The molecule has 2 heteroatoms. The quantitative estimate of drug-likeness (QED) is 0.629. The number of ether oxygens (including phenoxy) is 2. The van der Waals surface area contributed by atoms with Gasteiger partial charge in [-0.15, -0.1) is 0 Å². The third kappa shape index (κ3) is 3.73. The Morgan fingerprint density at radius 3 is 2.18 bits per heavy atom. The molecule has 0 amide bonds. The van der Waals surface area contributed by atoms with Gasteiger partial charge in [0.05, 0.1) is 13.2 Å². The van der Waals surface area contributed by atoms with Crippen LogP contribution in [0.2, 0.25) is 0 Å². The SMILES string of the molecule is CC.COCCC1(C)COC1. The molecule has 0 spiro atoms. The molecule has 1 heterocycles. The van der Waals surface area contributed by atoms with Gasteiger partial charge >= 0.3 is 0 Å². The smallest absolute Gasteiger partial charge is 0.0542 e. The summed E-state index contributed by atoms with van der Waals surface area (Å²) in [5, 5.41) is 0. The molecular formula is C9H20O2. The van der Waals surface area contributed by atoms with E-state index in [2.05, 4.69) is 6.92 Å². The van der Waals surface area contributed by atoms with Crippen molar-refractivity contribution in [3.8, 4) is 0 Å². The number of methoxy groups -OCH3 is 1. The van der Waals surface area contributed by atoms with E-state index in [1.807, 2.05) is 13.8 Å². The highest BCUT2D eigenvalue weighted by Crippen LogP contribution is 2.29. The molecule has 0 aromatic heterocycles. The molecule has 0 radical (unpaired) electrons. The van der Waals surface area contributed by atoms with Crippen LogP contribution in [0.4, 0.5) is 0 Å². The van der Waals surface area contributed by atoms with E-state index < -0.39 is 0 Å². The standard InChI is InChI=1S/C7H14O2.C2H6/c1-7(3-4-8-2)5-9-6-7;1-2/h3-6H2,1-2H3;1-2H3. The lowest BCUT2D eigenvalue weighted by atomic mass is 9.85. The molecule has 11 heavy (non-hydrogen) atoms. The lowest BCUT2D eigenvalue weighted by Gasteiger charge is -2.37. The van der Waals surface area contributed by atoms with Gasteiger partial charge < -0.3 is 9.47 Å². The van der Waals surface area contributed by atoms with Crippen LogP contribution in [-0.2, 0) is 9.47 Å². The van der Waals surface area contributed by atoms with Gasteiger partial charge in [-0.2, -0.15) is 0 Å². The van der Waals surface area contributed by atoms with Gasteiger partial charge in [-0.05, 0) is 6.42 Å². The Morgan fingerprint density at radius 1 is 1.36 bits per heavy atom. The van der Waals surface area contributed by atoms with Crippen LogP contribution in [0.3, 0.4) is 0 Å². The molecule has 1 rings (SSSR count).